The van der Waals surface area contributed by atoms with Crippen LogP contribution in [0.15, 0.2) is 48.5 Å². The van der Waals surface area contributed by atoms with Crippen molar-refractivity contribution in [3.63, 3.8) is 0 Å². The van der Waals surface area contributed by atoms with E-state index in [2.05, 4.69) is 16.3 Å². The molecule has 0 bridgehead atoms. The fourth-order valence-electron chi connectivity index (χ4n) is 3.37. The van der Waals surface area contributed by atoms with Gasteiger partial charge in [-0.3, -0.25) is 9.69 Å². The molecule has 0 saturated carbocycles. The summed E-state index contributed by atoms with van der Waals surface area (Å²) in [5, 5.41) is 3.78. The van der Waals surface area contributed by atoms with Gasteiger partial charge >= 0.3 is 0 Å². The summed E-state index contributed by atoms with van der Waals surface area (Å²) in [4.78, 5) is 14.7. The number of amides is 1. The molecular weight excluding hydrogens is 360 g/mol. The zero-order chi connectivity index (χ0) is 19.1. The number of nitrogens with one attached hydrogen (secondary N) is 1. The number of hydrogen-bond acceptors (Lipinski definition) is 3. The predicted molar refractivity (Wildman–Crippen MR) is 109 cm³/mol. The monoisotopic (exact) mass is 386 g/mol. The molecule has 1 fully saturated rings. The highest BCUT2D eigenvalue weighted by Gasteiger charge is 2.24. The van der Waals surface area contributed by atoms with E-state index in [1.165, 1.54) is 11.1 Å². The van der Waals surface area contributed by atoms with Crippen LogP contribution in [0.1, 0.15) is 24.0 Å². The van der Waals surface area contributed by atoms with Crippen molar-refractivity contribution >= 4 is 17.5 Å². The maximum Gasteiger partial charge on any atom is 0.223 e. The Morgan fingerprint density at radius 3 is 2.63 bits per heavy atom. The van der Waals surface area contributed by atoms with E-state index in [4.69, 9.17) is 16.3 Å². The Labute approximate surface area is 166 Å². The Morgan fingerprint density at radius 1 is 1.19 bits per heavy atom. The normalized spacial score (nSPS) is 15.5. The Morgan fingerprint density at radius 2 is 1.93 bits per heavy atom. The Balaban J connectivity index is 1.34. The van der Waals surface area contributed by atoms with Gasteiger partial charge in [0.15, 0.2) is 0 Å². The molecule has 2 aromatic carbocycles. The summed E-state index contributed by atoms with van der Waals surface area (Å²) in [6.07, 6.45) is 1.79. The molecule has 144 valence electrons. The maximum atomic E-state index is 12.4. The van der Waals surface area contributed by atoms with Crippen LogP contribution >= 0.6 is 11.6 Å². The fraction of sp³-hybridized carbons (Fsp3) is 0.409. The number of benzene rings is 2. The number of carbonyl (C=O) groups excluding carboxylic acids is 1. The van der Waals surface area contributed by atoms with Crippen molar-refractivity contribution in [1.82, 2.24) is 10.2 Å². The highest BCUT2D eigenvalue weighted by molar-refractivity contribution is 6.30. The van der Waals surface area contributed by atoms with E-state index in [0.29, 0.717) is 13.2 Å². The van der Waals surface area contributed by atoms with Crippen LogP contribution < -0.4 is 10.1 Å². The highest BCUT2D eigenvalue weighted by Crippen LogP contribution is 2.20. The molecule has 1 amide bonds. The number of nitrogens with zero attached hydrogens (tertiary/aromatic N) is 1. The van der Waals surface area contributed by atoms with Crippen molar-refractivity contribution in [2.24, 2.45) is 5.92 Å². The van der Waals surface area contributed by atoms with Crippen molar-refractivity contribution in [1.29, 1.82) is 0 Å². The molecule has 1 N–H and O–H groups in total. The van der Waals surface area contributed by atoms with Crippen molar-refractivity contribution in [3.05, 3.63) is 64.7 Å². The van der Waals surface area contributed by atoms with E-state index in [-0.39, 0.29) is 11.8 Å². The van der Waals surface area contributed by atoms with Gasteiger partial charge in [-0.15, -0.1) is 0 Å². The standard InChI is InChI=1S/C22H27ClN2O2/c1-17-5-7-21(8-6-17)27-14-11-24-22(26)19-9-12-25(13-10-19)16-18-3-2-4-20(23)15-18/h2-8,15,19H,9-14,16H2,1H3,(H,24,26). The predicted octanol–water partition coefficient (Wildman–Crippen LogP) is 4.06. The van der Waals surface area contributed by atoms with E-state index in [9.17, 15) is 4.79 Å². The van der Waals surface area contributed by atoms with Crippen molar-refractivity contribution in [3.8, 4) is 5.75 Å². The third-order valence-electron chi connectivity index (χ3n) is 4.94. The van der Waals surface area contributed by atoms with Crippen LogP contribution in [0.3, 0.4) is 0 Å². The third kappa shape index (κ3) is 6.26. The number of halogens is 1. The quantitative estimate of drug-likeness (QED) is 0.730. The lowest BCUT2D eigenvalue weighted by atomic mass is 9.95. The summed E-state index contributed by atoms with van der Waals surface area (Å²) >= 11 is 6.05. The van der Waals surface area contributed by atoms with Crippen LogP contribution in [0, 0.1) is 12.8 Å². The molecule has 0 unspecified atom stereocenters. The highest BCUT2D eigenvalue weighted by atomic mass is 35.5. The molecule has 4 nitrogen and oxygen atoms in total. The number of likely N-dealkylation sites (tertiary alicyclic amines) is 1. The first-order valence-corrected chi connectivity index (χ1v) is 9.92. The first kappa shape index (κ1) is 19.7. The van der Waals surface area contributed by atoms with Crippen LogP contribution in [0.4, 0.5) is 0 Å². The molecule has 27 heavy (non-hydrogen) atoms. The zero-order valence-electron chi connectivity index (χ0n) is 15.8. The minimum Gasteiger partial charge on any atom is -0.492 e. The molecule has 0 atom stereocenters. The minimum absolute atomic E-state index is 0.0972. The lowest BCUT2D eigenvalue weighted by molar-refractivity contribution is -0.126. The van der Waals surface area contributed by atoms with Gasteiger partial charge in [0.25, 0.3) is 0 Å². The van der Waals surface area contributed by atoms with E-state index >= 15 is 0 Å². The topological polar surface area (TPSA) is 41.6 Å². The molecule has 0 aromatic heterocycles. The molecular formula is C22H27ClN2O2. The van der Waals surface area contributed by atoms with E-state index in [1.54, 1.807) is 0 Å². The van der Waals surface area contributed by atoms with Crippen molar-refractivity contribution in [2.75, 3.05) is 26.2 Å². The Bertz CT molecular complexity index is 740. The summed E-state index contributed by atoms with van der Waals surface area (Å²) in [6.45, 7) is 5.83. The second-order valence-corrected chi connectivity index (χ2v) is 7.57. The zero-order valence-corrected chi connectivity index (χ0v) is 16.5. The van der Waals surface area contributed by atoms with Gasteiger partial charge in [-0.05, 0) is 62.7 Å². The van der Waals surface area contributed by atoms with Gasteiger partial charge in [-0.2, -0.15) is 0 Å². The summed E-state index contributed by atoms with van der Waals surface area (Å²) in [6, 6.07) is 15.9. The lowest BCUT2D eigenvalue weighted by Crippen LogP contribution is -2.41. The van der Waals surface area contributed by atoms with Crippen LogP contribution in [-0.2, 0) is 11.3 Å². The molecule has 3 rings (SSSR count). The number of aryl methyl sites for hydroxylation is 1. The van der Waals surface area contributed by atoms with Gasteiger partial charge in [0.1, 0.15) is 12.4 Å². The SMILES string of the molecule is Cc1ccc(OCCNC(=O)C2CCN(Cc3cccc(Cl)c3)CC2)cc1. The molecule has 0 radical (unpaired) electrons. The number of piperidine rings is 1. The number of ether oxygens (including phenoxy) is 1. The summed E-state index contributed by atoms with van der Waals surface area (Å²) in [5.74, 6) is 1.08. The van der Waals surface area contributed by atoms with E-state index in [0.717, 1.165) is 43.2 Å². The van der Waals surface area contributed by atoms with Gasteiger partial charge in [0, 0.05) is 17.5 Å². The second-order valence-electron chi connectivity index (χ2n) is 7.13. The van der Waals surface area contributed by atoms with Crippen LogP contribution in [0.5, 0.6) is 5.75 Å². The molecule has 0 aliphatic carbocycles. The molecule has 1 saturated heterocycles. The van der Waals surface area contributed by atoms with Crippen molar-refractivity contribution < 1.29 is 9.53 Å². The van der Waals surface area contributed by atoms with Gasteiger partial charge in [0.05, 0.1) is 6.54 Å². The third-order valence-corrected chi connectivity index (χ3v) is 5.18. The average Bonchev–Trinajstić information content (AvgIpc) is 2.67. The van der Waals surface area contributed by atoms with E-state index in [1.807, 2.05) is 49.4 Å². The minimum atomic E-state index is 0.0972. The smallest absolute Gasteiger partial charge is 0.223 e. The van der Waals surface area contributed by atoms with Gasteiger partial charge in [0.2, 0.25) is 5.91 Å². The first-order chi connectivity index (χ1) is 13.1. The molecule has 5 heteroatoms. The maximum absolute atomic E-state index is 12.4. The molecule has 1 heterocycles. The van der Waals surface area contributed by atoms with Gasteiger partial charge in [-0.25, -0.2) is 0 Å². The first-order valence-electron chi connectivity index (χ1n) is 9.54. The summed E-state index contributed by atoms with van der Waals surface area (Å²) < 4.78 is 5.66. The molecule has 0 spiro atoms. The van der Waals surface area contributed by atoms with Crippen LogP contribution in [0.2, 0.25) is 5.02 Å². The number of carbonyl (C=O) groups is 1. The summed E-state index contributed by atoms with van der Waals surface area (Å²) in [7, 11) is 0. The largest absolute Gasteiger partial charge is 0.492 e. The van der Waals surface area contributed by atoms with E-state index < -0.39 is 0 Å². The van der Waals surface area contributed by atoms with Gasteiger partial charge < -0.3 is 10.1 Å². The molecule has 2 aromatic rings. The molecule has 1 aliphatic heterocycles. The van der Waals surface area contributed by atoms with Crippen LogP contribution in [-0.4, -0.2) is 37.0 Å². The second kappa shape index (κ2) is 9.77. The lowest BCUT2D eigenvalue weighted by Gasteiger charge is -2.31. The number of rotatable bonds is 7. The fourth-order valence-corrected chi connectivity index (χ4v) is 3.58. The average molecular weight is 387 g/mol. The van der Waals surface area contributed by atoms with Crippen molar-refractivity contribution in [2.45, 2.75) is 26.3 Å². The Kier molecular flexibility index (Phi) is 7.13. The summed E-state index contributed by atoms with van der Waals surface area (Å²) in [5.41, 5.74) is 2.43. The van der Waals surface area contributed by atoms with Crippen LogP contribution in [0.25, 0.3) is 0 Å². The molecule has 1 aliphatic rings. The van der Waals surface area contributed by atoms with Gasteiger partial charge in [-0.1, -0.05) is 41.4 Å². The Hall–Kier alpha value is -2.04. The number of hydrogen-bond donors (Lipinski definition) is 1.